The summed E-state index contributed by atoms with van der Waals surface area (Å²) in [7, 11) is 0. The zero-order valence-corrected chi connectivity index (χ0v) is 9.17. The second-order valence-electron chi connectivity index (χ2n) is 3.95. The Morgan fingerprint density at radius 2 is 2.27 bits per heavy atom. The molecule has 86 valence electrons. The normalized spacial score (nSPS) is 34.2. The molecule has 1 heterocycles. The Labute approximate surface area is 91.1 Å². The average Bonchev–Trinajstić information content (AvgIpc) is 2.24. The van der Waals surface area contributed by atoms with Gasteiger partial charge in [0.05, 0.1) is 24.4 Å². The minimum absolute atomic E-state index is 0.00421. The number of hydrogen-bond donors (Lipinski definition) is 2. The summed E-state index contributed by atoms with van der Waals surface area (Å²) in [4.78, 5) is 0. The number of aliphatic hydroxyl groups is 2. The molecule has 0 aromatic heterocycles. The van der Waals surface area contributed by atoms with Crippen molar-refractivity contribution in [2.75, 3.05) is 0 Å². The molecule has 0 radical (unpaired) electrons. The van der Waals surface area contributed by atoms with Crippen LogP contribution in [0.1, 0.15) is 26.2 Å². The first-order valence-corrected chi connectivity index (χ1v) is 5.42. The van der Waals surface area contributed by atoms with Gasteiger partial charge in [-0.15, -0.1) is 6.58 Å². The second kappa shape index (κ2) is 6.05. The molecule has 4 atom stereocenters. The number of hydrogen-bond acceptors (Lipinski definition) is 3. The monoisotopic (exact) mass is 212 g/mol. The van der Waals surface area contributed by atoms with Crippen molar-refractivity contribution in [2.24, 2.45) is 0 Å². The minimum atomic E-state index is -0.687. The van der Waals surface area contributed by atoms with Crippen LogP contribution in [0.15, 0.2) is 24.8 Å². The number of aliphatic hydroxyl groups excluding tert-OH is 2. The van der Waals surface area contributed by atoms with E-state index in [1.807, 2.05) is 19.1 Å². The van der Waals surface area contributed by atoms with Gasteiger partial charge in [-0.1, -0.05) is 18.2 Å². The molecule has 1 aliphatic rings. The topological polar surface area (TPSA) is 49.7 Å². The van der Waals surface area contributed by atoms with Crippen molar-refractivity contribution >= 4 is 0 Å². The van der Waals surface area contributed by atoms with Gasteiger partial charge in [-0.05, 0) is 19.8 Å². The van der Waals surface area contributed by atoms with Crippen LogP contribution in [-0.4, -0.2) is 34.6 Å². The van der Waals surface area contributed by atoms with Crippen molar-refractivity contribution < 1.29 is 14.9 Å². The van der Waals surface area contributed by atoms with Gasteiger partial charge in [0.25, 0.3) is 0 Å². The van der Waals surface area contributed by atoms with Crippen molar-refractivity contribution in [3.8, 4) is 0 Å². The van der Waals surface area contributed by atoms with E-state index in [2.05, 4.69) is 6.58 Å². The summed E-state index contributed by atoms with van der Waals surface area (Å²) in [6, 6.07) is 0. The van der Waals surface area contributed by atoms with E-state index in [9.17, 15) is 10.2 Å². The highest BCUT2D eigenvalue weighted by molar-refractivity contribution is 4.92. The van der Waals surface area contributed by atoms with E-state index in [1.165, 1.54) is 6.08 Å². The fourth-order valence-electron chi connectivity index (χ4n) is 1.84. The minimum Gasteiger partial charge on any atom is -0.393 e. The highest BCUT2D eigenvalue weighted by Gasteiger charge is 2.30. The van der Waals surface area contributed by atoms with Crippen LogP contribution in [0.3, 0.4) is 0 Å². The van der Waals surface area contributed by atoms with Gasteiger partial charge in [-0.2, -0.15) is 0 Å². The van der Waals surface area contributed by atoms with Crippen LogP contribution < -0.4 is 0 Å². The van der Waals surface area contributed by atoms with Gasteiger partial charge >= 0.3 is 0 Å². The quantitative estimate of drug-likeness (QED) is 0.693. The lowest BCUT2D eigenvalue weighted by Gasteiger charge is -2.34. The molecule has 1 saturated heterocycles. The summed E-state index contributed by atoms with van der Waals surface area (Å²) < 4.78 is 5.68. The third-order valence-corrected chi connectivity index (χ3v) is 2.66. The molecule has 0 aliphatic carbocycles. The lowest BCUT2D eigenvalue weighted by atomic mass is 9.96. The molecule has 0 bridgehead atoms. The van der Waals surface area contributed by atoms with E-state index in [-0.39, 0.29) is 18.3 Å². The van der Waals surface area contributed by atoms with Crippen molar-refractivity contribution in [2.45, 2.75) is 50.6 Å². The van der Waals surface area contributed by atoms with Crippen LogP contribution in [0.2, 0.25) is 0 Å². The van der Waals surface area contributed by atoms with Crippen molar-refractivity contribution in [3.63, 3.8) is 0 Å². The van der Waals surface area contributed by atoms with Crippen molar-refractivity contribution in [1.29, 1.82) is 0 Å². The lowest BCUT2D eigenvalue weighted by molar-refractivity contribution is -0.125. The fraction of sp³-hybridized carbons (Fsp3) is 0.667. The molecule has 0 spiro atoms. The Bertz CT molecular complexity index is 225. The molecule has 0 saturated carbocycles. The average molecular weight is 212 g/mol. The molecule has 15 heavy (non-hydrogen) atoms. The Morgan fingerprint density at radius 3 is 2.87 bits per heavy atom. The summed E-state index contributed by atoms with van der Waals surface area (Å²) >= 11 is 0. The highest BCUT2D eigenvalue weighted by Crippen LogP contribution is 2.24. The highest BCUT2D eigenvalue weighted by atomic mass is 16.5. The molecule has 3 heteroatoms. The van der Waals surface area contributed by atoms with E-state index in [0.717, 1.165) is 6.42 Å². The molecule has 0 aromatic carbocycles. The van der Waals surface area contributed by atoms with Crippen LogP contribution in [0, 0.1) is 0 Å². The predicted molar refractivity (Wildman–Crippen MR) is 59.5 cm³/mol. The summed E-state index contributed by atoms with van der Waals surface area (Å²) in [5.41, 5.74) is 0. The largest absolute Gasteiger partial charge is 0.393 e. The van der Waals surface area contributed by atoms with Gasteiger partial charge in [0, 0.05) is 6.42 Å². The first-order chi connectivity index (χ1) is 7.17. The number of ether oxygens (including phenoxy) is 1. The maximum absolute atomic E-state index is 9.64. The molecule has 0 aromatic rings. The molecular weight excluding hydrogens is 192 g/mol. The Morgan fingerprint density at radius 1 is 1.53 bits per heavy atom. The molecule has 1 aliphatic heterocycles. The molecule has 3 nitrogen and oxygen atoms in total. The van der Waals surface area contributed by atoms with E-state index in [4.69, 9.17) is 4.74 Å². The summed E-state index contributed by atoms with van der Waals surface area (Å²) in [6.45, 7) is 5.48. The van der Waals surface area contributed by atoms with Gasteiger partial charge in [0.2, 0.25) is 0 Å². The van der Waals surface area contributed by atoms with Crippen LogP contribution in [0.5, 0.6) is 0 Å². The first kappa shape index (κ1) is 12.4. The lowest BCUT2D eigenvalue weighted by Crippen LogP contribution is -2.41. The van der Waals surface area contributed by atoms with Gasteiger partial charge < -0.3 is 14.9 Å². The third-order valence-electron chi connectivity index (χ3n) is 2.66. The van der Waals surface area contributed by atoms with E-state index >= 15 is 0 Å². The van der Waals surface area contributed by atoms with Crippen LogP contribution in [-0.2, 0) is 4.74 Å². The Hall–Kier alpha value is -0.640. The SMILES string of the molecule is C=CC(O)C1CC(O)CC(C/C=C/C)O1. The van der Waals surface area contributed by atoms with E-state index < -0.39 is 6.10 Å². The van der Waals surface area contributed by atoms with Crippen molar-refractivity contribution in [3.05, 3.63) is 24.8 Å². The summed E-state index contributed by atoms with van der Waals surface area (Å²) in [5, 5.41) is 19.2. The number of rotatable bonds is 4. The Balaban J connectivity index is 2.51. The summed E-state index contributed by atoms with van der Waals surface area (Å²) in [6.07, 6.45) is 5.96. The summed E-state index contributed by atoms with van der Waals surface area (Å²) in [5.74, 6) is 0. The predicted octanol–water partition coefficient (Wildman–Crippen LogP) is 1.41. The molecule has 4 unspecified atom stereocenters. The van der Waals surface area contributed by atoms with Gasteiger partial charge in [0.1, 0.15) is 0 Å². The Kier molecular flexibility index (Phi) is 5.02. The molecular formula is C12H20O3. The first-order valence-electron chi connectivity index (χ1n) is 5.42. The maximum Gasteiger partial charge on any atom is 0.0981 e. The molecule has 0 amide bonds. The fourth-order valence-corrected chi connectivity index (χ4v) is 1.84. The van der Waals surface area contributed by atoms with Gasteiger partial charge in [-0.3, -0.25) is 0 Å². The smallest absolute Gasteiger partial charge is 0.0981 e. The molecule has 2 N–H and O–H groups in total. The second-order valence-corrected chi connectivity index (χ2v) is 3.95. The van der Waals surface area contributed by atoms with Crippen LogP contribution in [0.25, 0.3) is 0 Å². The standard InChI is InChI=1S/C12H20O3/c1-3-5-6-10-7-9(13)8-12(15-10)11(14)4-2/h3-5,9-14H,2,6-8H2,1H3/b5-3+. The molecule has 1 rings (SSSR count). The molecule has 1 fully saturated rings. The zero-order valence-electron chi connectivity index (χ0n) is 9.17. The van der Waals surface area contributed by atoms with Gasteiger partial charge in [0.15, 0.2) is 0 Å². The van der Waals surface area contributed by atoms with E-state index in [0.29, 0.717) is 12.8 Å². The third kappa shape index (κ3) is 3.78. The van der Waals surface area contributed by atoms with Crippen LogP contribution >= 0.6 is 0 Å². The van der Waals surface area contributed by atoms with Gasteiger partial charge in [-0.25, -0.2) is 0 Å². The van der Waals surface area contributed by atoms with Crippen LogP contribution in [0.4, 0.5) is 0 Å². The maximum atomic E-state index is 9.64. The van der Waals surface area contributed by atoms with E-state index in [1.54, 1.807) is 0 Å². The zero-order chi connectivity index (χ0) is 11.3. The van der Waals surface area contributed by atoms with Crippen molar-refractivity contribution in [1.82, 2.24) is 0 Å². The number of allylic oxidation sites excluding steroid dienone is 1.